The van der Waals surface area contributed by atoms with E-state index in [1.807, 2.05) is 18.3 Å². The quantitative estimate of drug-likeness (QED) is 0.816. The second-order valence-corrected chi connectivity index (χ2v) is 5.11. The fourth-order valence-electron chi connectivity index (χ4n) is 2.42. The molecule has 1 aliphatic rings. The highest BCUT2D eigenvalue weighted by atomic mass is 35.5. The second-order valence-electron chi connectivity index (χ2n) is 4.85. The molecular weight excluding hydrogens is 288 g/mol. The second kappa shape index (κ2) is 6.10. The molecule has 3 rings (SSSR count). The number of benzene rings is 1. The lowest BCUT2D eigenvalue weighted by Crippen LogP contribution is -2.35. The van der Waals surface area contributed by atoms with Gasteiger partial charge < -0.3 is 4.90 Å². The Morgan fingerprint density at radius 1 is 1.29 bits per heavy atom. The maximum Gasteiger partial charge on any atom is 0.237 e. The van der Waals surface area contributed by atoms with Crippen LogP contribution < -0.4 is 0 Å². The van der Waals surface area contributed by atoms with E-state index >= 15 is 0 Å². The molecule has 1 aliphatic heterocycles. The number of carbonyl (C=O) groups is 1. The highest BCUT2D eigenvalue weighted by Gasteiger charge is 2.16. The molecule has 0 saturated heterocycles. The fourth-order valence-corrected chi connectivity index (χ4v) is 2.59. The van der Waals surface area contributed by atoms with Crippen molar-refractivity contribution in [1.82, 2.24) is 19.9 Å². The van der Waals surface area contributed by atoms with Crippen LogP contribution in [0.3, 0.4) is 0 Å². The average Bonchev–Trinajstić information content (AvgIpc) is 3.09. The van der Waals surface area contributed by atoms with Gasteiger partial charge in [-0.05, 0) is 29.7 Å². The topological polar surface area (TPSA) is 51.0 Å². The number of hydrogen-bond acceptors (Lipinski definition) is 3. The van der Waals surface area contributed by atoms with Gasteiger partial charge in [-0.15, -0.1) is 16.7 Å². The maximum atomic E-state index is 11.5. The summed E-state index contributed by atoms with van der Waals surface area (Å²) in [6.45, 7) is 1.36. The first-order chi connectivity index (χ1) is 10.3. The third-order valence-corrected chi connectivity index (χ3v) is 3.83. The normalized spacial score (nSPS) is 14.9. The molecule has 0 aliphatic carbocycles. The van der Waals surface area contributed by atoms with Gasteiger partial charge in [0.1, 0.15) is 5.88 Å². The summed E-state index contributed by atoms with van der Waals surface area (Å²) in [4.78, 5) is 13.3. The predicted molar refractivity (Wildman–Crippen MR) is 81.3 cm³/mol. The van der Waals surface area contributed by atoms with Crippen molar-refractivity contribution in [2.24, 2.45) is 0 Å². The molecule has 6 heteroatoms. The van der Waals surface area contributed by atoms with Gasteiger partial charge in [-0.25, -0.2) is 4.68 Å². The molecule has 21 heavy (non-hydrogen) atoms. The van der Waals surface area contributed by atoms with Crippen LogP contribution in [0.4, 0.5) is 0 Å². The van der Waals surface area contributed by atoms with Gasteiger partial charge in [0, 0.05) is 13.1 Å². The summed E-state index contributed by atoms with van der Waals surface area (Å²) >= 11 is 5.58. The minimum atomic E-state index is -0.00602. The largest absolute Gasteiger partial charge is 0.338 e. The van der Waals surface area contributed by atoms with E-state index < -0.39 is 0 Å². The van der Waals surface area contributed by atoms with Gasteiger partial charge >= 0.3 is 0 Å². The molecule has 1 amide bonds. The summed E-state index contributed by atoms with van der Waals surface area (Å²) in [5, 5.41) is 7.76. The smallest absolute Gasteiger partial charge is 0.237 e. The summed E-state index contributed by atoms with van der Waals surface area (Å²) in [5.41, 5.74) is 3.42. The van der Waals surface area contributed by atoms with Crippen LogP contribution in [0.2, 0.25) is 0 Å². The monoisotopic (exact) mass is 302 g/mol. The predicted octanol–water partition coefficient (Wildman–Crippen LogP) is 2.12. The highest BCUT2D eigenvalue weighted by Crippen LogP contribution is 2.23. The molecule has 1 aromatic carbocycles. The van der Waals surface area contributed by atoms with Crippen LogP contribution in [0.1, 0.15) is 12.0 Å². The number of alkyl halides is 1. The number of carbonyl (C=O) groups excluding carboxylic acids is 1. The number of hydrogen-bond donors (Lipinski definition) is 0. The van der Waals surface area contributed by atoms with Crippen molar-refractivity contribution in [3.63, 3.8) is 0 Å². The van der Waals surface area contributed by atoms with Crippen LogP contribution >= 0.6 is 11.6 Å². The van der Waals surface area contributed by atoms with Crippen LogP contribution in [0.5, 0.6) is 0 Å². The molecule has 0 N–H and O–H groups in total. The molecule has 0 fully saturated rings. The lowest BCUT2D eigenvalue weighted by atomic mass is 9.99. The summed E-state index contributed by atoms with van der Waals surface area (Å²) < 4.78 is 1.72. The first kappa shape index (κ1) is 13.8. The van der Waals surface area contributed by atoms with Crippen LogP contribution in [0, 0.1) is 0 Å². The van der Waals surface area contributed by atoms with Gasteiger partial charge in [-0.2, -0.15) is 0 Å². The van der Waals surface area contributed by atoms with Crippen molar-refractivity contribution < 1.29 is 4.79 Å². The number of nitrogens with zero attached hydrogens (tertiary/aromatic N) is 4. The third kappa shape index (κ3) is 2.97. The molecule has 0 radical (unpaired) electrons. The fraction of sp³-hybridized carbons (Fsp3) is 0.267. The van der Waals surface area contributed by atoms with E-state index in [1.54, 1.807) is 15.8 Å². The SMILES string of the molecule is O=C(CCl)N1CC=C(c2ccc(-n3ccnn3)cc2)CC1. The molecule has 2 aromatic rings. The number of halogens is 1. The van der Waals surface area contributed by atoms with Gasteiger partial charge in [0.25, 0.3) is 0 Å². The van der Waals surface area contributed by atoms with Crippen molar-refractivity contribution in [3.8, 4) is 5.69 Å². The van der Waals surface area contributed by atoms with Crippen molar-refractivity contribution in [1.29, 1.82) is 0 Å². The molecular formula is C15H15ClN4O. The Morgan fingerprint density at radius 2 is 2.10 bits per heavy atom. The average molecular weight is 303 g/mol. The Morgan fingerprint density at radius 3 is 2.67 bits per heavy atom. The number of rotatable bonds is 3. The first-order valence-electron chi connectivity index (χ1n) is 6.78. The molecule has 0 atom stereocenters. The van der Waals surface area contributed by atoms with E-state index in [2.05, 4.69) is 28.5 Å². The molecule has 5 nitrogen and oxygen atoms in total. The summed E-state index contributed by atoms with van der Waals surface area (Å²) in [6.07, 6.45) is 6.41. The van der Waals surface area contributed by atoms with E-state index in [0.29, 0.717) is 6.54 Å². The van der Waals surface area contributed by atoms with Gasteiger partial charge in [0.2, 0.25) is 5.91 Å². The molecule has 0 bridgehead atoms. The van der Waals surface area contributed by atoms with Gasteiger partial charge in [-0.3, -0.25) is 4.79 Å². The Labute approximate surface area is 127 Å². The maximum absolute atomic E-state index is 11.5. The summed E-state index contributed by atoms with van der Waals surface area (Å²) in [5.74, 6) is 0.0453. The molecule has 0 saturated carbocycles. The van der Waals surface area contributed by atoms with Crippen molar-refractivity contribution >= 4 is 23.1 Å². The Bertz CT molecular complexity index is 649. The van der Waals surface area contributed by atoms with Crippen LogP contribution in [0.25, 0.3) is 11.3 Å². The van der Waals surface area contributed by atoms with Crippen LogP contribution in [-0.2, 0) is 4.79 Å². The van der Waals surface area contributed by atoms with E-state index in [4.69, 9.17) is 11.6 Å². The molecule has 2 heterocycles. The zero-order valence-electron chi connectivity index (χ0n) is 11.4. The first-order valence-corrected chi connectivity index (χ1v) is 7.31. The van der Waals surface area contributed by atoms with E-state index in [1.165, 1.54) is 11.1 Å². The molecule has 0 unspecified atom stereocenters. The van der Waals surface area contributed by atoms with Crippen LogP contribution in [0.15, 0.2) is 42.7 Å². The highest BCUT2D eigenvalue weighted by molar-refractivity contribution is 6.27. The van der Waals surface area contributed by atoms with E-state index in [9.17, 15) is 4.79 Å². The van der Waals surface area contributed by atoms with Gasteiger partial charge in [0.05, 0.1) is 18.1 Å². The van der Waals surface area contributed by atoms with Crippen molar-refractivity contribution in [2.75, 3.05) is 19.0 Å². The number of amides is 1. The van der Waals surface area contributed by atoms with Gasteiger partial charge in [-0.1, -0.05) is 23.4 Å². The van der Waals surface area contributed by atoms with E-state index in [0.717, 1.165) is 18.7 Å². The summed E-state index contributed by atoms with van der Waals surface area (Å²) in [6, 6.07) is 8.17. The standard InChI is InChI=1S/C15H15ClN4O/c16-11-15(21)19-8-5-13(6-9-19)12-1-3-14(4-2-12)20-10-7-17-18-20/h1-5,7,10H,6,8-9,11H2. The molecule has 0 spiro atoms. The van der Waals surface area contributed by atoms with Crippen LogP contribution in [-0.4, -0.2) is 44.8 Å². The number of aromatic nitrogens is 3. The zero-order valence-corrected chi connectivity index (χ0v) is 12.2. The lowest BCUT2D eigenvalue weighted by molar-refractivity contribution is -0.128. The zero-order chi connectivity index (χ0) is 14.7. The van der Waals surface area contributed by atoms with Gasteiger partial charge in [0.15, 0.2) is 0 Å². The Kier molecular flexibility index (Phi) is 4.01. The molecule has 108 valence electrons. The lowest BCUT2D eigenvalue weighted by Gasteiger charge is -2.26. The Hall–Kier alpha value is -2.14. The van der Waals surface area contributed by atoms with E-state index in [-0.39, 0.29) is 11.8 Å². The summed E-state index contributed by atoms with van der Waals surface area (Å²) in [7, 11) is 0. The van der Waals surface area contributed by atoms with Crippen molar-refractivity contribution in [3.05, 3.63) is 48.3 Å². The molecule has 1 aromatic heterocycles. The van der Waals surface area contributed by atoms with Crippen molar-refractivity contribution in [2.45, 2.75) is 6.42 Å². The minimum Gasteiger partial charge on any atom is -0.338 e. The Balaban J connectivity index is 1.73. The third-order valence-electron chi connectivity index (χ3n) is 3.60. The minimum absolute atomic E-state index is 0.00602.